The van der Waals surface area contributed by atoms with Crippen molar-refractivity contribution in [1.82, 2.24) is 10.2 Å². The molecule has 1 spiro atoms. The molecule has 1 aliphatic carbocycles. The van der Waals surface area contributed by atoms with Gasteiger partial charge in [0.2, 0.25) is 0 Å². The summed E-state index contributed by atoms with van der Waals surface area (Å²) >= 11 is 0. The number of likely N-dealkylation sites (tertiary alicyclic amines) is 1. The third-order valence-electron chi connectivity index (χ3n) is 5.29. The van der Waals surface area contributed by atoms with Crippen LogP contribution in [0.25, 0.3) is 0 Å². The third kappa shape index (κ3) is 1.79. The van der Waals surface area contributed by atoms with Gasteiger partial charge in [-0.2, -0.15) is 0 Å². The van der Waals surface area contributed by atoms with Gasteiger partial charge in [-0.25, -0.2) is 0 Å². The molecule has 2 heteroatoms. The lowest BCUT2D eigenvalue weighted by atomic mass is 9.79. The number of fused-ring (bicyclic) bond motifs is 1. The Morgan fingerprint density at radius 1 is 1.06 bits per heavy atom. The zero-order valence-corrected chi connectivity index (χ0v) is 10.9. The van der Waals surface area contributed by atoms with Crippen molar-refractivity contribution in [3.8, 4) is 0 Å². The zero-order valence-electron chi connectivity index (χ0n) is 10.9. The van der Waals surface area contributed by atoms with Crippen LogP contribution in [0.15, 0.2) is 30.3 Å². The molecule has 2 heterocycles. The van der Waals surface area contributed by atoms with Gasteiger partial charge in [0, 0.05) is 32.7 Å². The zero-order chi connectivity index (χ0) is 12.0. The normalized spacial score (nSPS) is 33.6. The number of hydrogen-bond acceptors (Lipinski definition) is 2. The average molecular weight is 242 g/mol. The molecule has 2 nitrogen and oxygen atoms in total. The summed E-state index contributed by atoms with van der Waals surface area (Å²) in [6.07, 6.45) is 2.96. The molecule has 1 saturated carbocycles. The van der Waals surface area contributed by atoms with Crippen molar-refractivity contribution in [2.75, 3.05) is 26.2 Å². The Labute approximate surface area is 109 Å². The predicted octanol–water partition coefficient (Wildman–Crippen LogP) is 2.12. The average Bonchev–Trinajstić information content (AvgIpc) is 2.84. The highest BCUT2D eigenvalue weighted by Crippen LogP contribution is 2.51. The summed E-state index contributed by atoms with van der Waals surface area (Å²) in [5.74, 6) is 1.96. The van der Waals surface area contributed by atoms with Crippen molar-refractivity contribution in [3.63, 3.8) is 0 Å². The first kappa shape index (κ1) is 11.0. The highest BCUT2D eigenvalue weighted by molar-refractivity contribution is 5.15. The van der Waals surface area contributed by atoms with E-state index in [1.807, 2.05) is 0 Å². The van der Waals surface area contributed by atoms with Crippen LogP contribution in [-0.4, -0.2) is 31.1 Å². The van der Waals surface area contributed by atoms with Gasteiger partial charge in [-0.05, 0) is 35.7 Å². The molecule has 2 saturated heterocycles. The van der Waals surface area contributed by atoms with Gasteiger partial charge in [-0.15, -0.1) is 0 Å². The van der Waals surface area contributed by atoms with Crippen LogP contribution >= 0.6 is 0 Å². The molecular weight excluding hydrogens is 220 g/mol. The summed E-state index contributed by atoms with van der Waals surface area (Å²) in [5.41, 5.74) is 2.19. The van der Waals surface area contributed by atoms with Crippen molar-refractivity contribution in [1.29, 1.82) is 0 Å². The van der Waals surface area contributed by atoms with E-state index in [4.69, 9.17) is 0 Å². The predicted molar refractivity (Wildman–Crippen MR) is 73.2 cm³/mol. The molecule has 18 heavy (non-hydrogen) atoms. The third-order valence-corrected chi connectivity index (χ3v) is 5.29. The fourth-order valence-corrected chi connectivity index (χ4v) is 4.43. The maximum absolute atomic E-state index is 3.47. The molecule has 96 valence electrons. The van der Waals surface area contributed by atoms with Crippen LogP contribution < -0.4 is 5.32 Å². The highest BCUT2D eigenvalue weighted by Gasteiger charge is 2.51. The smallest absolute Gasteiger partial charge is 0.0233 e. The van der Waals surface area contributed by atoms with E-state index in [0.717, 1.165) is 18.4 Å². The molecule has 0 bridgehead atoms. The Morgan fingerprint density at radius 3 is 2.28 bits per heavy atom. The first-order valence-electron chi connectivity index (χ1n) is 7.30. The molecule has 3 fully saturated rings. The Kier molecular flexibility index (Phi) is 2.49. The molecule has 4 rings (SSSR count). The molecule has 2 aliphatic heterocycles. The minimum absolute atomic E-state index is 0.716. The van der Waals surface area contributed by atoms with Crippen LogP contribution in [0.1, 0.15) is 18.4 Å². The Bertz CT molecular complexity index is 408. The van der Waals surface area contributed by atoms with Crippen LogP contribution in [0.5, 0.6) is 0 Å². The van der Waals surface area contributed by atoms with Gasteiger partial charge in [-0.3, -0.25) is 4.90 Å². The topological polar surface area (TPSA) is 15.3 Å². The Balaban J connectivity index is 1.38. The Hall–Kier alpha value is -0.860. The fourth-order valence-electron chi connectivity index (χ4n) is 4.43. The summed E-state index contributed by atoms with van der Waals surface area (Å²) < 4.78 is 0. The minimum Gasteiger partial charge on any atom is -0.316 e. The van der Waals surface area contributed by atoms with Crippen LogP contribution in [-0.2, 0) is 6.54 Å². The SMILES string of the molecule is c1ccc(CN2CC3CC4(CNC4)CC3C2)cc1. The summed E-state index contributed by atoms with van der Waals surface area (Å²) in [5, 5.41) is 3.47. The standard InChI is InChI=1S/C16H22N2/c1-2-4-13(5-3-1)8-18-9-14-6-16(11-17-12-16)7-15(14)10-18/h1-5,14-15,17H,6-12H2. The number of hydrogen-bond donors (Lipinski definition) is 1. The van der Waals surface area contributed by atoms with Crippen LogP contribution in [0.3, 0.4) is 0 Å². The maximum atomic E-state index is 3.47. The van der Waals surface area contributed by atoms with Gasteiger partial charge < -0.3 is 5.32 Å². The number of rotatable bonds is 2. The largest absolute Gasteiger partial charge is 0.316 e. The van der Waals surface area contributed by atoms with Crippen LogP contribution in [0.4, 0.5) is 0 Å². The molecule has 1 aromatic rings. The molecule has 0 radical (unpaired) electrons. The van der Waals surface area contributed by atoms with Crippen LogP contribution in [0, 0.1) is 17.3 Å². The second-order valence-electron chi connectivity index (χ2n) is 6.71. The molecular formula is C16H22N2. The highest BCUT2D eigenvalue weighted by atomic mass is 15.2. The van der Waals surface area contributed by atoms with E-state index < -0.39 is 0 Å². The lowest BCUT2D eigenvalue weighted by Gasteiger charge is -2.40. The van der Waals surface area contributed by atoms with Crippen molar-refractivity contribution in [2.45, 2.75) is 19.4 Å². The van der Waals surface area contributed by atoms with Gasteiger partial charge in [0.25, 0.3) is 0 Å². The van der Waals surface area contributed by atoms with Gasteiger partial charge in [-0.1, -0.05) is 30.3 Å². The molecule has 2 atom stereocenters. The van der Waals surface area contributed by atoms with E-state index in [1.165, 1.54) is 44.6 Å². The van der Waals surface area contributed by atoms with E-state index in [-0.39, 0.29) is 0 Å². The summed E-state index contributed by atoms with van der Waals surface area (Å²) in [6.45, 7) is 6.40. The number of nitrogens with one attached hydrogen (secondary N) is 1. The molecule has 2 unspecified atom stereocenters. The molecule has 0 amide bonds. The van der Waals surface area contributed by atoms with Crippen molar-refractivity contribution in [3.05, 3.63) is 35.9 Å². The lowest BCUT2D eigenvalue weighted by Crippen LogP contribution is -2.52. The summed E-state index contributed by atoms with van der Waals surface area (Å²) in [7, 11) is 0. The summed E-state index contributed by atoms with van der Waals surface area (Å²) in [4.78, 5) is 2.67. The minimum atomic E-state index is 0.716. The first-order chi connectivity index (χ1) is 8.83. The molecule has 1 aromatic carbocycles. The van der Waals surface area contributed by atoms with E-state index in [2.05, 4.69) is 40.5 Å². The lowest BCUT2D eigenvalue weighted by molar-refractivity contribution is 0.148. The monoisotopic (exact) mass is 242 g/mol. The maximum Gasteiger partial charge on any atom is 0.0233 e. The summed E-state index contributed by atoms with van der Waals surface area (Å²) in [6, 6.07) is 10.9. The second-order valence-corrected chi connectivity index (χ2v) is 6.71. The molecule has 0 aromatic heterocycles. The van der Waals surface area contributed by atoms with Crippen LogP contribution in [0.2, 0.25) is 0 Å². The number of benzene rings is 1. The van der Waals surface area contributed by atoms with E-state index >= 15 is 0 Å². The molecule has 1 N–H and O–H groups in total. The van der Waals surface area contributed by atoms with E-state index in [1.54, 1.807) is 0 Å². The van der Waals surface area contributed by atoms with E-state index in [0.29, 0.717) is 5.41 Å². The van der Waals surface area contributed by atoms with Gasteiger partial charge >= 0.3 is 0 Å². The Morgan fingerprint density at radius 2 is 1.72 bits per heavy atom. The van der Waals surface area contributed by atoms with Crippen molar-refractivity contribution < 1.29 is 0 Å². The van der Waals surface area contributed by atoms with Crippen molar-refractivity contribution >= 4 is 0 Å². The van der Waals surface area contributed by atoms with Gasteiger partial charge in [0.15, 0.2) is 0 Å². The van der Waals surface area contributed by atoms with Gasteiger partial charge in [0.05, 0.1) is 0 Å². The second kappa shape index (κ2) is 4.07. The quantitative estimate of drug-likeness (QED) is 0.854. The molecule has 3 aliphatic rings. The fraction of sp³-hybridized carbons (Fsp3) is 0.625. The van der Waals surface area contributed by atoms with Gasteiger partial charge in [0.1, 0.15) is 0 Å². The number of nitrogens with zero attached hydrogens (tertiary/aromatic N) is 1. The van der Waals surface area contributed by atoms with E-state index in [9.17, 15) is 0 Å². The van der Waals surface area contributed by atoms with Crippen molar-refractivity contribution in [2.24, 2.45) is 17.3 Å². The first-order valence-corrected chi connectivity index (χ1v) is 7.30.